The Morgan fingerprint density at radius 2 is 0.500 bits per heavy atom. The smallest absolute Gasteiger partial charge is 0 e. The van der Waals surface area contributed by atoms with E-state index in [4.69, 9.17) is 30.1 Å². The van der Waals surface area contributed by atoms with Crippen LogP contribution in [-0.2, 0) is 58.4 Å². The topological polar surface area (TPSA) is 121 Å². The average Bonchev–Trinajstić information content (AvgIpc) is 1.25. The molecule has 0 aromatic rings. The summed E-state index contributed by atoms with van der Waals surface area (Å²) in [7, 11) is -4.33. The van der Waals surface area contributed by atoms with Gasteiger partial charge in [0.1, 0.15) is 0 Å². The van der Waals surface area contributed by atoms with Crippen LogP contribution in [0.3, 0.4) is 0 Å². The second kappa shape index (κ2) is 29.2. The van der Waals surface area contributed by atoms with E-state index in [9.17, 15) is 0 Å². The molecule has 0 unspecified atom stereocenters. The minimum Gasteiger partial charge on any atom is 0 e. The molecule has 0 aromatic carbocycles. The molecule has 0 fully saturated rings. The van der Waals surface area contributed by atoms with Crippen molar-refractivity contribution in [2.45, 2.75) is 0 Å². The van der Waals surface area contributed by atoms with Crippen molar-refractivity contribution < 1.29 is 88.6 Å². The fourth-order valence-electron chi connectivity index (χ4n) is 0. The molecule has 62 valence electrons. The third-order valence-corrected chi connectivity index (χ3v) is 0. The summed E-state index contributed by atoms with van der Waals surface area (Å²) in [5.41, 5.74) is 0. The predicted molar refractivity (Wildman–Crippen MR) is 34.8 cm³/mol. The molecule has 0 amide bonds. The summed E-state index contributed by atoms with van der Waals surface area (Å²) in [6.07, 6.45) is 0. The third kappa shape index (κ3) is 254. The summed E-state index contributed by atoms with van der Waals surface area (Å²) in [6.45, 7) is 0. The van der Waals surface area contributed by atoms with Crippen molar-refractivity contribution in [2.75, 3.05) is 0 Å². The van der Waals surface area contributed by atoms with Crippen LogP contribution >= 0.6 is 0 Å². The van der Waals surface area contributed by atoms with Crippen LogP contribution in [0.1, 0.15) is 0 Å². The Morgan fingerprint density at radius 1 is 0.500 bits per heavy atom. The Hall–Kier alpha value is 2.58. The Bertz CT molecular complexity index is 36.3. The molecule has 0 aliphatic rings. The van der Waals surface area contributed by atoms with Crippen molar-refractivity contribution in [3.63, 3.8) is 0 Å². The van der Waals surface area contributed by atoms with Gasteiger partial charge in [-0.2, -0.15) is 0 Å². The fraction of sp³-hybridized carbons (Fsp3) is 0. The van der Waals surface area contributed by atoms with Crippen LogP contribution in [0.25, 0.3) is 0 Å². The second-order valence-corrected chi connectivity index (χ2v) is 0.693. The Labute approximate surface area is 126 Å². The minimum atomic E-state index is -2.17. The van der Waals surface area contributed by atoms with Crippen LogP contribution in [0.2, 0.25) is 0 Å². The van der Waals surface area contributed by atoms with E-state index in [2.05, 4.69) is 0 Å². The van der Waals surface area contributed by atoms with Gasteiger partial charge in [-0.15, -0.1) is 0 Å². The normalized spacial score (nSPS) is 4.50. The third-order valence-electron chi connectivity index (χ3n) is 0. The summed E-state index contributed by atoms with van der Waals surface area (Å²) < 4.78 is 0. The second-order valence-electron chi connectivity index (χ2n) is 0.693. The largest absolute Gasteiger partial charge is 0 e. The molecule has 0 aliphatic carbocycles. The standard InChI is InChI=1S/2BH3O3.Sb.3Zn.3H/c2*2-1(3)4;;;;;;;/h2*2-4H;;;;;;;. The van der Waals surface area contributed by atoms with Crippen molar-refractivity contribution in [2.24, 2.45) is 0 Å². The van der Waals surface area contributed by atoms with E-state index in [1.165, 1.54) is 0 Å². The van der Waals surface area contributed by atoms with Gasteiger partial charge in [0.15, 0.2) is 0 Å². The van der Waals surface area contributed by atoms with Crippen LogP contribution < -0.4 is 0 Å². The molecular formula is H9B2O6SbZn3. The van der Waals surface area contributed by atoms with Gasteiger partial charge in [0.25, 0.3) is 0 Å². The average molecular weight is 445 g/mol. The number of rotatable bonds is 0. The van der Waals surface area contributed by atoms with Crippen LogP contribution in [-0.4, -0.2) is 69.2 Å². The minimum absolute atomic E-state index is 0. The molecule has 0 radical (unpaired) electrons. The molecule has 0 rings (SSSR count). The van der Waals surface area contributed by atoms with Gasteiger partial charge in [-0.05, 0) is 0 Å². The summed E-state index contributed by atoms with van der Waals surface area (Å²) in [6, 6.07) is 0. The van der Waals surface area contributed by atoms with Gasteiger partial charge in [0, 0.05) is 58.4 Å². The van der Waals surface area contributed by atoms with E-state index in [0.717, 1.165) is 0 Å². The molecule has 6 N–H and O–H groups in total. The molecule has 0 aromatic heterocycles. The van der Waals surface area contributed by atoms with Crippen molar-refractivity contribution in [1.29, 1.82) is 0 Å². The van der Waals surface area contributed by atoms with Crippen LogP contribution in [0.15, 0.2) is 0 Å². The van der Waals surface area contributed by atoms with Crippen molar-refractivity contribution in [3.8, 4) is 0 Å². The summed E-state index contributed by atoms with van der Waals surface area (Å²) in [5.74, 6) is 0. The molecule has 0 heterocycles. The van der Waals surface area contributed by atoms with Gasteiger partial charge in [-0.3, -0.25) is 0 Å². The molecule has 0 saturated carbocycles. The number of hydrogen-bond donors (Lipinski definition) is 6. The summed E-state index contributed by atoms with van der Waals surface area (Å²) in [5, 5.41) is 43.0. The maximum Gasteiger partial charge on any atom is 0 e. The zero-order valence-corrected chi connectivity index (χ0v) is 19.6. The summed E-state index contributed by atoms with van der Waals surface area (Å²) in [4.78, 5) is 0. The molecule has 12 heavy (non-hydrogen) atoms. The van der Waals surface area contributed by atoms with E-state index >= 15 is 0 Å². The molecule has 0 bridgehead atoms. The zero-order chi connectivity index (χ0) is 7.15. The fourth-order valence-corrected chi connectivity index (χ4v) is 0. The Balaban J connectivity index is -0.0000000112. The van der Waals surface area contributed by atoms with Gasteiger partial charge in [-0.1, -0.05) is 0 Å². The van der Waals surface area contributed by atoms with E-state index in [-0.39, 0.29) is 82.9 Å². The van der Waals surface area contributed by atoms with E-state index in [1.807, 2.05) is 0 Å². The van der Waals surface area contributed by atoms with Crippen LogP contribution in [0, 0.1) is 0 Å². The van der Waals surface area contributed by atoms with Gasteiger partial charge >= 0.3 is 39.1 Å². The zero-order valence-electron chi connectivity index (χ0n) is 6.67. The Morgan fingerprint density at radius 3 is 0.500 bits per heavy atom. The van der Waals surface area contributed by atoms with Crippen LogP contribution in [0.4, 0.5) is 0 Å². The summed E-state index contributed by atoms with van der Waals surface area (Å²) >= 11 is 0. The van der Waals surface area contributed by atoms with Crippen LogP contribution in [0.5, 0.6) is 0 Å². The first-order valence-electron chi connectivity index (χ1n) is 1.55. The first-order valence-corrected chi connectivity index (χ1v) is 1.55. The van der Waals surface area contributed by atoms with Gasteiger partial charge in [-0.25, -0.2) is 0 Å². The van der Waals surface area contributed by atoms with E-state index in [0.29, 0.717) is 0 Å². The first-order chi connectivity index (χ1) is 3.46. The first kappa shape index (κ1) is 36.5. The molecule has 6 nitrogen and oxygen atoms in total. The van der Waals surface area contributed by atoms with Crippen molar-refractivity contribution >= 4 is 39.1 Å². The van der Waals surface area contributed by atoms with Gasteiger partial charge < -0.3 is 30.1 Å². The van der Waals surface area contributed by atoms with Crippen molar-refractivity contribution in [1.82, 2.24) is 0 Å². The number of hydrogen-bond acceptors (Lipinski definition) is 6. The Kier molecular flexibility index (Phi) is 88.9. The predicted octanol–water partition coefficient (Wildman–Crippen LogP) is -5.29. The molecule has 0 spiro atoms. The quantitative estimate of drug-likeness (QED) is 0.208. The van der Waals surface area contributed by atoms with E-state index in [1.54, 1.807) is 0 Å². The monoisotopic (exact) mass is 440 g/mol. The maximum absolute atomic E-state index is 7.17. The van der Waals surface area contributed by atoms with E-state index < -0.39 is 14.6 Å². The maximum atomic E-state index is 7.17. The van der Waals surface area contributed by atoms with Crippen molar-refractivity contribution in [3.05, 3.63) is 0 Å². The van der Waals surface area contributed by atoms with Gasteiger partial charge in [0.2, 0.25) is 0 Å². The molecule has 0 aliphatic heterocycles. The molecule has 12 heteroatoms. The molecule has 0 atom stereocenters. The van der Waals surface area contributed by atoms with Gasteiger partial charge in [0.05, 0.1) is 0 Å². The molecule has 0 saturated heterocycles. The molecular weight excluding hydrogens is 436 g/mol. The SMILES string of the molecule is OB(O)O.OB(O)O.[SbH3].[Zn].[Zn].[Zn].